The fourth-order valence-electron chi connectivity index (χ4n) is 3.33. The van der Waals surface area contributed by atoms with Crippen molar-refractivity contribution in [1.29, 1.82) is 0 Å². The van der Waals surface area contributed by atoms with E-state index < -0.39 is 0 Å². The van der Waals surface area contributed by atoms with E-state index in [4.69, 9.17) is 21.4 Å². The van der Waals surface area contributed by atoms with Gasteiger partial charge in [0.1, 0.15) is 11.5 Å². The number of para-hydroxylation sites is 1. The number of ether oxygens (including phenoxy) is 1. The molecule has 1 N–H and O–H groups in total. The Labute approximate surface area is 163 Å². The van der Waals surface area contributed by atoms with E-state index >= 15 is 0 Å². The molecule has 27 heavy (non-hydrogen) atoms. The number of nitrogens with zero attached hydrogens (tertiary/aromatic N) is 2. The van der Waals surface area contributed by atoms with Gasteiger partial charge in [0.25, 0.3) is 0 Å². The summed E-state index contributed by atoms with van der Waals surface area (Å²) in [7, 11) is 1.66. The molecular formula is C22H19ClN2O2. The molecule has 0 spiro atoms. The molecule has 0 fully saturated rings. The lowest BCUT2D eigenvalue weighted by Crippen LogP contribution is -2.18. The van der Waals surface area contributed by atoms with E-state index in [-0.39, 0.29) is 11.8 Å². The van der Waals surface area contributed by atoms with Gasteiger partial charge in [0.2, 0.25) is 0 Å². The number of phenolic OH excluding ortho intramolecular Hbond substituents is 1. The van der Waals surface area contributed by atoms with Crippen LogP contribution in [0, 0.1) is 0 Å². The molecule has 1 aliphatic rings. The Balaban J connectivity index is 1.77. The van der Waals surface area contributed by atoms with Crippen LogP contribution >= 0.6 is 11.6 Å². The van der Waals surface area contributed by atoms with Crippen LogP contribution in [0.15, 0.2) is 77.9 Å². The number of methoxy groups -OCH3 is 1. The van der Waals surface area contributed by atoms with E-state index in [1.54, 1.807) is 13.2 Å². The van der Waals surface area contributed by atoms with Crippen LogP contribution in [-0.2, 0) is 0 Å². The number of hydrogen-bond acceptors (Lipinski definition) is 4. The molecule has 0 saturated heterocycles. The van der Waals surface area contributed by atoms with Crippen LogP contribution in [0.25, 0.3) is 0 Å². The number of halogens is 1. The zero-order valence-corrected chi connectivity index (χ0v) is 15.6. The summed E-state index contributed by atoms with van der Waals surface area (Å²) in [6, 6.07) is 22.9. The van der Waals surface area contributed by atoms with Crippen molar-refractivity contribution in [2.45, 2.75) is 12.5 Å². The van der Waals surface area contributed by atoms with Crippen LogP contribution in [0.2, 0.25) is 5.02 Å². The first-order chi connectivity index (χ1) is 13.2. The van der Waals surface area contributed by atoms with Crippen molar-refractivity contribution >= 4 is 23.0 Å². The highest BCUT2D eigenvalue weighted by Crippen LogP contribution is 2.39. The van der Waals surface area contributed by atoms with E-state index in [0.29, 0.717) is 11.4 Å². The summed E-state index contributed by atoms with van der Waals surface area (Å²) in [5.41, 5.74) is 3.63. The van der Waals surface area contributed by atoms with Crippen LogP contribution in [0.5, 0.6) is 11.5 Å². The average Bonchev–Trinajstić information content (AvgIpc) is 3.14. The summed E-state index contributed by atoms with van der Waals surface area (Å²) in [6.07, 6.45) is 0.674. The smallest absolute Gasteiger partial charge is 0.124 e. The second kappa shape index (κ2) is 7.33. The van der Waals surface area contributed by atoms with E-state index in [1.807, 2.05) is 65.7 Å². The zero-order chi connectivity index (χ0) is 18.8. The Morgan fingerprint density at radius 1 is 1.04 bits per heavy atom. The van der Waals surface area contributed by atoms with Crippen molar-refractivity contribution in [1.82, 2.24) is 0 Å². The first-order valence-corrected chi connectivity index (χ1v) is 9.08. The third-order valence-electron chi connectivity index (χ3n) is 4.70. The molecule has 0 radical (unpaired) electrons. The SMILES string of the molecule is COc1cccc(C2CC(c3ccccc3O)=NN2c2ccc(Cl)cc2)c1. The van der Waals surface area contributed by atoms with Crippen LogP contribution in [0.4, 0.5) is 5.69 Å². The topological polar surface area (TPSA) is 45.1 Å². The average molecular weight is 379 g/mol. The minimum absolute atomic E-state index is 0.00381. The summed E-state index contributed by atoms with van der Waals surface area (Å²) >= 11 is 6.05. The third kappa shape index (κ3) is 3.49. The number of hydrazone groups is 1. The fraction of sp³-hybridized carbons (Fsp3) is 0.136. The Hall–Kier alpha value is -2.98. The summed E-state index contributed by atoms with van der Waals surface area (Å²) < 4.78 is 5.39. The van der Waals surface area contributed by atoms with Crippen LogP contribution in [0.1, 0.15) is 23.6 Å². The lowest BCUT2D eigenvalue weighted by molar-refractivity contribution is 0.414. The maximum absolute atomic E-state index is 10.3. The summed E-state index contributed by atoms with van der Waals surface area (Å²) in [4.78, 5) is 0. The second-order valence-electron chi connectivity index (χ2n) is 6.38. The van der Waals surface area contributed by atoms with Gasteiger partial charge in [-0.05, 0) is 54.1 Å². The van der Waals surface area contributed by atoms with Gasteiger partial charge in [-0.25, -0.2) is 0 Å². The van der Waals surface area contributed by atoms with Gasteiger partial charge in [-0.15, -0.1) is 0 Å². The fourth-order valence-corrected chi connectivity index (χ4v) is 3.46. The second-order valence-corrected chi connectivity index (χ2v) is 6.82. The van der Waals surface area contributed by atoms with Gasteiger partial charge in [0, 0.05) is 17.0 Å². The van der Waals surface area contributed by atoms with Gasteiger partial charge in [-0.2, -0.15) is 5.10 Å². The summed E-state index contributed by atoms with van der Waals surface area (Å²) in [5, 5.41) is 17.8. The highest BCUT2D eigenvalue weighted by atomic mass is 35.5. The zero-order valence-electron chi connectivity index (χ0n) is 14.8. The predicted molar refractivity (Wildman–Crippen MR) is 109 cm³/mol. The maximum atomic E-state index is 10.3. The van der Waals surface area contributed by atoms with Gasteiger partial charge in [-0.3, -0.25) is 5.01 Å². The van der Waals surface area contributed by atoms with Gasteiger partial charge in [0.15, 0.2) is 0 Å². The highest BCUT2D eigenvalue weighted by Gasteiger charge is 2.31. The first kappa shape index (κ1) is 17.4. The van der Waals surface area contributed by atoms with E-state index in [1.165, 1.54) is 0 Å². The molecule has 4 nitrogen and oxygen atoms in total. The van der Waals surface area contributed by atoms with E-state index in [9.17, 15) is 5.11 Å². The number of hydrogen-bond donors (Lipinski definition) is 1. The van der Waals surface area contributed by atoms with Gasteiger partial charge in [0.05, 0.1) is 24.6 Å². The minimum Gasteiger partial charge on any atom is -0.507 e. The monoisotopic (exact) mass is 378 g/mol. The Morgan fingerprint density at radius 2 is 1.81 bits per heavy atom. The third-order valence-corrected chi connectivity index (χ3v) is 4.95. The van der Waals surface area contributed by atoms with Crippen LogP contribution < -0.4 is 9.75 Å². The molecular weight excluding hydrogens is 360 g/mol. The van der Waals surface area contributed by atoms with Gasteiger partial charge < -0.3 is 9.84 Å². The van der Waals surface area contributed by atoms with Crippen LogP contribution in [-0.4, -0.2) is 17.9 Å². The summed E-state index contributed by atoms with van der Waals surface area (Å²) in [5.74, 6) is 1.04. The number of benzene rings is 3. The Bertz CT molecular complexity index is 986. The number of aromatic hydroxyl groups is 1. The first-order valence-electron chi connectivity index (χ1n) is 8.70. The molecule has 0 saturated carbocycles. The Kier molecular flexibility index (Phi) is 4.73. The summed E-state index contributed by atoms with van der Waals surface area (Å²) in [6.45, 7) is 0. The molecule has 4 rings (SSSR count). The lowest BCUT2D eigenvalue weighted by atomic mass is 9.97. The molecule has 0 aliphatic carbocycles. The van der Waals surface area contributed by atoms with Gasteiger partial charge >= 0.3 is 0 Å². The molecule has 0 bridgehead atoms. The molecule has 1 unspecified atom stereocenters. The molecule has 1 aliphatic heterocycles. The van der Waals surface area contributed by atoms with E-state index in [0.717, 1.165) is 28.3 Å². The van der Waals surface area contributed by atoms with E-state index in [2.05, 4.69) is 6.07 Å². The van der Waals surface area contributed by atoms with Gasteiger partial charge in [-0.1, -0.05) is 35.9 Å². The van der Waals surface area contributed by atoms with Crippen molar-refractivity contribution in [3.8, 4) is 11.5 Å². The normalized spacial score (nSPS) is 16.3. The largest absolute Gasteiger partial charge is 0.507 e. The molecule has 1 heterocycles. The quantitative estimate of drug-likeness (QED) is 0.660. The molecule has 5 heteroatoms. The molecule has 3 aromatic carbocycles. The van der Waals surface area contributed by atoms with Crippen molar-refractivity contribution in [2.24, 2.45) is 5.10 Å². The molecule has 0 aromatic heterocycles. The number of anilines is 1. The van der Waals surface area contributed by atoms with Crippen LogP contribution in [0.3, 0.4) is 0 Å². The molecule has 136 valence electrons. The van der Waals surface area contributed by atoms with Crippen molar-refractivity contribution in [3.05, 3.63) is 88.9 Å². The maximum Gasteiger partial charge on any atom is 0.124 e. The van der Waals surface area contributed by atoms with Crippen molar-refractivity contribution in [3.63, 3.8) is 0 Å². The highest BCUT2D eigenvalue weighted by molar-refractivity contribution is 6.30. The predicted octanol–water partition coefficient (Wildman–Crippen LogP) is 5.41. The number of rotatable bonds is 4. The molecule has 0 amide bonds. The lowest BCUT2D eigenvalue weighted by Gasteiger charge is -2.24. The minimum atomic E-state index is -0.00381. The molecule has 3 aromatic rings. The van der Waals surface area contributed by atoms with Crippen molar-refractivity contribution in [2.75, 3.05) is 12.1 Å². The standard InChI is InChI=1S/C22H19ClN2O2/c1-27-18-6-4-5-15(13-18)21-14-20(19-7-2-3-8-22(19)26)24-25(21)17-11-9-16(23)10-12-17/h2-13,21,26H,14H2,1H3. The Morgan fingerprint density at radius 3 is 2.56 bits per heavy atom. The molecule has 1 atom stereocenters. The van der Waals surface area contributed by atoms with Crippen molar-refractivity contribution < 1.29 is 9.84 Å². The number of phenols is 1.